The lowest BCUT2D eigenvalue weighted by molar-refractivity contribution is 0.440. The molecule has 1 atom stereocenters. The predicted molar refractivity (Wildman–Crippen MR) is 84.8 cm³/mol. The lowest BCUT2D eigenvalue weighted by atomic mass is 10.1. The van der Waals surface area contributed by atoms with E-state index in [4.69, 9.17) is 16.3 Å². The topological polar surface area (TPSA) is 21.3 Å². The molecule has 0 fully saturated rings. The SMILES string of the molecule is CCNC(C)c1ccc(Oc2cccc(C)c2F)c(Cl)c1. The Bertz CT molecular complexity index is 630. The summed E-state index contributed by atoms with van der Waals surface area (Å²) < 4.78 is 19.5. The van der Waals surface area contributed by atoms with Crippen LogP contribution < -0.4 is 10.1 Å². The van der Waals surface area contributed by atoms with Gasteiger partial charge in [-0.1, -0.05) is 36.7 Å². The number of hydrogen-bond acceptors (Lipinski definition) is 2. The van der Waals surface area contributed by atoms with Gasteiger partial charge in [0.1, 0.15) is 5.75 Å². The average molecular weight is 308 g/mol. The van der Waals surface area contributed by atoms with Crippen molar-refractivity contribution in [1.82, 2.24) is 5.32 Å². The van der Waals surface area contributed by atoms with Crippen LogP contribution >= 0.6 is 11.6 Å². The Labute approximate surface area is 129 Å². The number of hydrogen-bond donors (Lipinski definition) is 1. The van der Waals surface area contributed by atoms with Crippen LogP contribution in [0.4, 0.5) is 4.39 Å². The molecule has 2 aromatic rings. The van der Waals surface area contributed by atoms with Crippen LogP contribution in [-0.4, -0.2) is 6.54 Å². The molecule has 112 valence electrons. The molecule has 2 aromatic carbocycles. The van der Waals surface area contributed by atoms with E-state index in [0.717, 1.165) is 12.1 Å². The molecule has 2 nitrogen and oxygen atoms in total. The van der Waals surface area contributed by atoms with E-state index in [2.05, 4.69) is 19.2 Å². The van der Waals surface area contributed by atoms with E-state index in [9.17, 15) is 4.39 Å². The molecule has 0 saturated heterocycles. The molecule has 1 unspecified atom stereocenters. The monoisotopic (exact) mass is 307 g/mol. The normalized spacial score (nSPS) is 12.2. The van der Waals surface area contributed by atoms with Crippen molar-refractivity contribution in [3.05, 3.63) is 58.4 Å². The van der Waals surface area contributed by atoms with Crippen molar-refractivity contribution in [2.24, 2.45) is 0 Å². The Kier molecular flexibility index (Phi) is 5.21. The number of rotatable bonds is 5. The van der Waals surface area contributed by atoms with Crippen molar-refractivity contribution in [3.8, 4) is 11.5 Å². The van der Waals surface area contributed by atoms with E-state index >= 15 is 0 Å². The Morgan fingerprint density at radius 2 is 2.00 bits per heavy atom. The van der Waals surface area contributed by atoms with Gasteiger partial charge in [0.05, 0.1) is 5.02 Å². The predicted octanol–water partition coefficient (Wildman–Crippen LogP) is 5.25. The number of nitrogens with one attached hydrogen (secondary N) is 1. The maximum atomic E-state index is 13.9. The van der Waals surface area contributed by atoms with Crippen molar-refractivity contribution in [1.29, 1.82) is 0 Å². The van der Waals surface area contributed by atoms with Gasteiger partial charge in [-0.05, 0) is 49.7 Å². The summed E-state index contributed by atoms with van der Waals surface area (Å²) in [7, 11) is 0. The summed E-state index contributed by atoms with van der Waals surface area (Å²) in [4.78, 5) is 0. The highest BCUT2D eigenvalue weighted by molar-refractivity contribution is 6.32. The molecule has 0 amide bonds. The van der Waals surface area contributed by atoms with Crippen LogP contribution in [-0.2, 0) is 0 Å². The molecule has 2 rings (SSSR count). The van der Waals surface area contributed by atoms with E-state index < -0.39 is 0 Å². The highest BCUT2D eigenvalue weighted by Crippen LogP contribution is 2.33. The Morgan fingerprint density at radius 1 is 1.24 bits per heavy atom. The quantitative estimate of drug-likeness (QED) is 0.814. The molecule has 0 aliphatic rings. The fourth-order valence-electron chi connectivity index (χ4n) is 2.11. The Balaban J connectivity index is 2.23. The molecule has 0 aliphatic heterocycles. The zero-order valence-electron chi connectivity index (χ0n) is 12.4. The lowest BCUT2D eigenvalue weighted by Gasteiger charge is -2.15. The minimum atomic E-state index is -0.362. The van der Waals surface area contributed by atoms with E-state index in [1.54, 1.807) is 31.2 Å². The molecule has 0 saturated carbocycles. The third kappa shape index (κ3) is 3.74. The van der Waals surface area contributed by atoms with Crippen LogP contribution in [0.1, 0.15) is 31.0 Å². The van der Waals surface area contributed by atoms with Gasteiger partial charge in [-0.15, -0.1) is 0 Å². The third-order valence-corrected chi connectivity index (χ3v) is 3.64. The number of benzene rings is 2. The van der Waals surface area contributed by atoms with Crippen LogP contribution in [0.2, 0.25) is 5.02 Å². The second-order valence-corrected chi connectivity index (χ2v) is 5.37. The maximum Gasteiger partial charge on any atom is 0.168 e. The molecule has 21 heavy (non-hydrogen) atoms. The minimum absolute atomic E-state index is 0.185. The third-order valence-electron chi connectivity index (χ3n) is 3.34. The van der Waals surface area contributed by atoms with Crippen LogP contribution in [0, 0.1) is 12.7 Å². The van der Waals surface area contributed by atoms with E-state index in [0.29, 0.717) is 16.3 Å². The fraction of sp³-hybridized carbons (Fsp3) is 0.294. The average Bonchev–Trinajstić information content (AvgIpc) is 2.46. The summed E-state index contributed by atoms with van der Waals surface area (Å²) in [5, 5.41) is 3.79. The van der Waals surface area contributed by atoms with Gasteiger partial charge in [-0.3, -0.25) is 0 Å². The zero-order valence-corrected chi connectivity index (χ0v) is 13.2. The van der Waals surface area contributed by atoms with Crippen molar-refractivity contribution in [2.75, 3.05) is 6.54 Å². The second-order valence-electron chi connectivity index (χ2n) is 4.96. The Hall–Kier alpha value is -1.58. The van der Waals surface area contributed by atoms with Crippen LogP contribution in [0.25, 0.3) is 0 Å². The van der Waals surface area contributed by atoms with Crippen molar-refractivity contribution < 1.29 is 9.13 Å². The minimum Gasteiger partial charge on any atom is -0.453 e. The summed E-state index contributed by atoms with van der Waals surface area (Å²) in [6.07, 6.45) is 0. The first-order valence-corrected chi connectivity index (χ1v) is 7.36. The molecule has 0 heterocycles. The van der Waals surface area contributed by atoms with Crippen LogP contribution in [0.15, 0.2) is 36.4 Å². The van der Waals surface area contributed by atoms with Crippen molar-refractivity contribution in [2.45, 2.75) is 26.8 Å². The first-order valence-electron chi connectivity index (χ1n) is 6.98. The molecule has 0 aliphatic carbocycles. The molecule has 0 aromatic heterocycles. The largest absolute Gasteiger partial charge is 0.453 e. The van der Waals surface area contributed by atoms with Gasteiger partial charge >= 0.3 is 0 Å². The maximum absolute atomic E-state index is 13.9. The first kappa shape index (κ1) is 15.8. The summed E-state index contributed by atoms with van der Waals surface area (Å²) in [5.74, 6) is 0.275. The van der Waals surface area contributed by atoms with E-state index in [-0.39, 0.29) is 17.6 Å². The van der Waals surface area contributed by atoms with Crippen LogP contribution in [0.5, 0.6) is 11.5 Å². The van der Waals surface area contributed by atoms with Gasteiger partial charge in [-0.2, -0.15) is 0 Å². The molecule has 4 heteroatoms. The van der Waals surface area contributed by atoms with Gasteiger partial charge < -0.3 is 10.1 Å². The van der Waals surface area contributed by atoms with Crippen molar-refractivity contribution >= 4 is 11.6 Å². The summed E-state index contributed by atoms with van der Waals surface area (Å²) in [6, 6.07) is 10.8. The van der Waals surface area contributed by atoms with E-state index in [1.165, 1.54) is 0 Å². The highest BCUT2D eigenvalue weighted by Gasteiger charge is 2.11. The lowest BCUT2D eigenvalue weighted by Crippen LogP contribution is -2.17. The van der Waals surface area contributed by atoms with Crippen LogP contribution in [0.3, 0.4) is 0 Å². The molecule has 0 bridgehead atoms. The zero-order chi connectivity index (χ0) is 15.4. The fourth-order valence-corrected chi connectivity index (χ4v) is 2.34. The standard InChI is InChI=1S/C17H19ClFNO/c1-4-20-12(3)13-8-9-15(14(18)10-13)21-16-7-5-6-11(2)17(16)19/h5-10,12,20H,4H2,1-3H3. The summed E-state index contributed by atoms with van der Waals surface area (Å²) in [5.41, 5.74) is 1.61. The van der Waals surface area contributed by atoms with E-state index in [1.807, 2.05) is 12.1 Å². The van der Waals surface area contributed by atoms with Gasteiger partial charge in [0.15, 0.2) is 11.6 Å². The van der Waals surface area contributed by atoms with Crippen molar-refractivity contribution in [3.63, 3.8) is 0 Å². The molecule has 0 spiro atoms. The van der Waals surface area contributed by atoms with Gasteiger partial charge in [-0.25, -0.2) is 4.39 Å². The highest BCUT2D eigenvalue weighted by atomic mass is 35.5. The summed E-state index contributed by atoms with van der Waals surface area (Å²) in [6.45, 7) is 6.70. The second kappa shape index (κ2) is 6.92. The molecular formula is C17H19ClFNO. The molecule has 0 radical (unpaired) electrons. The van der Waals surface area contributed by atoms with Gasteiger partial charge in [0.2, 0.25) is 0 Å². The summed E-state index contributed by atoms with van der Waals surface area (Å²) >= 11 is 6.24. The molecular weight excluding hydrogens is 289 g/mol. The Morgan fingerprint density at radius 3 is 2.67 bits per heavy atom. The van der Waals surface area contributed by atoms with Gasteiger partial charge in [0, 0.05) is 6.04 Å². The number of ether oxygens (including phenoxy) is 1. The molecule has 1 N–H and O–H groups in total. The van der Waals surface area contributed by atoms with Gasteiger partial charge in [0.25, 0.3) is 0 Å². The number of aryl methyl sites for hydroxylation is 1. The smallest absolute Gasteiger partial charge is 0.168 e. The first-order chi connectivity index (χ1) is 10.0. The number of halogens is 2.